The summed E-state index contributed by atoms with van der Waals surface area (Å²) in [6.45, 7) is 8.96. The van der Waals surface area contributed by atoms with Gasteiger partial charge in [0, 0.05) is 44.1 Å². The molecule has 0 aromatic carbocycles. The minimum atomic E-state index is 0.662. The van der Waals surface area contributed by atoms with E-state index in [-0.39, 0.29) is 0 Å². The Labute approximate surface area is 104 Å². The van der Waals surface area contributed by atoms with Crippen molar-refractivity contribution in [1.29, 1.82) is 0 Å². The minimum absolute atomic E-state index is 0.662. The molecule has 4 nitrogen and oxygen atoms in total. The zero-order valence-corrected chi connectivity index (χ0v) is 11.0. The second-order valence-corrected chi connectivity index (χ2v) is 4.84. The molecule has 2 rings (SSSR count). The van der Waals surface area contributed by atoms with Crippen LogP contribution in [0.3, 0.4) is 0 Å². The summed E-state index contributed by atoms with van der Waals surface area (Å²) >= 11 is 0. The van der Waals surface area contributed by atoms with Crippen molar-refractivity contribution in [3.8, 4) is 0 Å². The predicted octanol–water partition coefficient (Wildman–Crippen LogP) is 1.35. The van der Waals surface area contributed by atoms with E-state index < -0.39 is 0 Å². The third-order valence-electron chi connectivity index (χ3n) is 3.75. The first-order valence-electron chi connectivity index (χ1n) is 6.78. The van der Waals surface area contributed by atoms with Crippen LogP contribution in [0.5, 0.6) is 0 Å². The van der Waals surface area contributed by atoms with Gasteiger partial charge in [0.2, 0.25) is 0 Å². The maximum Gasteiger partial charge on any atom is 0.0536 e. The first-order valence-corrected chi connectivity index (χ1v) is 6.78. The summed E-state index contributed by atoms with van der Waals surface area (Å²) in [6.07, 6.45) is 6.33. The Morgan fingerprint density at radius 1 is 1.29 bits per heavy atom. The third kappa shape index (κ3) is 3.30. The van der Waals surface area contributed by atoms with E-state index >= 15 is 0 Å². The quantitative estimate of drug-likeness (QED) is 0.837. The number of nitrogens with zero attached hydrogens (tertiary/aromatic N) is 3. The van der Waals surface area contributed by atoms with Gasteiger partial charge in [0.15, 0.2) is 0 Å². The maximum atomic E-state index is 4.27. The van der Waals surface area contributed by atoms with Gasteiger partial charge in [-0.1, -0.05) is 13.8 Å². The molecule has 17 heavy (non-hydrogen) atoms. The van der Waals surface area contributed by atoms with Gasteiger partial charge in [-0.2, -0.15) is 5.10 Å². The van der Waals surface area contributed by atoms with Gasteiger partial charge in [0.25, 0.3) is 0 Å². The van der Waals surface area contributed by atoms with Crippen molar-refractivity contribution < 1.29 is 0 Å². The molecule has 1 saturated heterocycles. The van der Waals surface area contributed by atoms with Gasteiger partial charge in [-0.3, -0.25) is 9.58 Å². The van der Waals surface area contributed by atoms with Crippen molar-refractivity contribution in [2.45, 2.75) is 45.3 Å². The lowest BCUT2D eigenvalue weighted by Gasteiger charge is -2.40. The highest BCUT2D eigenvalue weighted by atomic mass is 15.3. The average Bonchev–Trinajstić information content (AvgIpc) is 2.89. The largest absolute Gasteiger partial charge is 0.311 e. The van der Waals surface area contributed by atoms with Crippen molar-refractivity contribution >= 4 is 0 Å². The summed E-state index contributed by atoms with van der Waals surface area (Å²) in [7, 11) is 0. The van der Waals surface area contributed by atoms with Crippen molar-refractivity contribution in [2.75, 3.05) is 19.6 Å². The molecular weight excluding hydrogens is 212 g/mol. The molecule has 0 spiro atoms. The first kappa shape index (κ1) is 12.6. The summed E-state index contributed by atoms with van der Waals surface area (Å²) in [5.41, 5.74) is 0. The van der Waals surface area contributed by atoms with Crippen LogP contribution in [-0.4, -0.2) is 46.4 Å². The molecular formula is C13H24N4. The van der Waals surface area contributed by atoms with Crippen molar-refractivity contribution in [3.63, 3.8) is 0 Å². The monoisotopic (exact) mass is 236 g/mol. The summed E-state index contributed by atoms with van der Waals surface area (Å²) < 4.78 is 2.02. The van der Waals surface area contributed by atoms with E-state index in [1.807, 2.05) is 23.1 Å². The Balaban J connectivity index is 1.86. The molecule has 1 fully saturated rings. The molecule has 1 aromatic rings. The molecule has 0 saturated carbocycles. The van der Waals surface area contributed by atoms with Crippen molar-refractivity contribution in [2.24, 2.45) is 0 Å². The molecule has 0 bridgehead atoms. The van der Waals surface area contributed by atoms with Crippen LogP contribution in [0.25, 0.3) is 0 Å². The van der Waals surface area contributed by atoms with Gasteiger partial charge < -0.3 is 5.32 Å². The first-order chi connectivity index (χ1) is 8.33. The lowest BCUT2D eigenvalue weighted by Crippen LogP contribution is -2.56. The van der Waals surface area contributed by atoms with Crippen LogP contribution >= 0.6 is 0 Å². The summed E-state index contributed by atoms with van der Waals surface area (Å²) in [4.78, 5) is 2.62. The number of hydrogen-bond acceptors (Lipinski definition) is 3. The van der Waals surface area contributed by atoms with E-state index in [0.29, 0.717) is 12.1 Å². The van der Waals surface area contributed by atoms with E-state index in [0.717, 1.165) is 19.6 Å². The van der Waals surface area contributed by atoms with Crippen LogP contribution in [0.1, 0.15) is 26.7 Å². The minimum Gasteiger partial charge on any atom is -0.311 e. The Morgan fingerprint density at radius 3 is 2.82 bits per heavy atom. The number of hydrogen-bond donors (Lipinski definition) is 1. The molecule has 0 amide bonds. The lowest BCUT2D eigenvalue weighted by atomic mass is 10.1. The molecule has 0 aliphatic carbocycles. The van der Waals surface area contributed by atoms with E-state index in [4.69, 9.17) is 0 Å². The molecule has 0 radical (unpaired) electrons. The smallest absolute Gasteiger partial charge is 0.0536 e. The molecule has 1 aliphatic rings. The van der Waals surface area contributed by atoms with Crippen LogP contribution in [0, 0.1) is 0 Å². The summed E-state index contributed by atoms with van der Waals surface area (Å²) in [6, 6.07) is 3.34. The van der Waals surface area contributed by atoms with Gasteiger partial charge in [-0.15, -0.1) is 0 Å². The second kappa shape index (κ2) is 6.17. The normalized spacial score (nSPS) is 26.2. The molecule has 2 unspecified atom stereocenters. The highest BCUT2D eigenvalue weighted by Crippen LogP contribution is 2.11. The molecule has 4 heteroatoms. The fourth-order valence-corrected chi connectivity index (χ4v) is 2.54. The van der Waals surface area contributed by atoms with Gasteiger partial charge in [-0.05, 0) is 18.9 Å². The fourth-order valence-electron chi connectivity index (χ4n) is 2.54. The fraction of sp³-hybridized carbons (Fsp3) is 0.769. The van der Waals surface area contributed by atoms with E-state index in [1.54, 1.807) is 0 Å². The van der Waals surface area contributed by atoms with Crippen LogP contribution in [-0.2, 0) is 6.54 Å². The Kier molecular flexibility index (Phi) is 4.57. The molecule has 1 aliphatic heterocycles. The number of aromatic nitrogens is 2. The third-order valence-corrected chi connectivity index (χ3v) is 3.75. The zero-order chi connectivity index (χ0) is 12.1. The van der Waals surface area contributed by atoms with Crippen molar-refractivity contribution in [3.05, 3.63) is 18.5 Å². The van der Waals surface area contributed by atoms with Crippen LogP contribution in [0.4, 0.5) is 0 Å². The molecule has 2 heterocycles. The van der Waals surface area contributed by atoms with Crippen LogP contribution in [0.2, 0.25) is 0 Å². The highest BCUT2D eigenvalue weighted by molar-refractivity contribution is 4.85. The van der Waals surface area contributed by atoms with Gasteiger partial charge in [0.05, 0.1) is 6.54 Å². The summed E-state index contributed by atoms with van der Waals surface area (Å²) in [5, 5.41) is 7.89. The number of piperazine rings is 1. The van der Waals surface area contributed by atoms with Crippen LogP contribution < -0.4 is 5.32 Å². The lowest BCUT2D eigenvalue weighted by molar-refractivity contribution is 0.119. The topological polar surface area (TPSA) is 33.1 Å². The Morgan fingerprint density at radius 2 is 2.18 bits per heavy atom. The van der Waals surface area contributed by atoms with Crippen molar-refractivity contribution in [1.82, 2.24) is 20.0 Å². The average molecular weight is 236 g/mol. The van der Waals surface area contributed by atoms with Gasteiger partial charge in [0.1, 0.15) is 0 Å². The molecule has 1 N–H and O–H groups in total. The Bertz CT molecular complexity index is 309. The standard InChI is InChI=1S/C13H24N4/c1-3-12-11-16(13(4-2)10-14-12)8-9-17-7-5-6-15-17/h5-7,12-14H,3-4,8-11H2,1-2H3. The van der Waals surface area contributed by atoms with Gasteiger partial charge in [-0.25, -0.2) is 0 Å². The zero-order valence-electron chi connectivity index (χ0n) is 11.0. The second-order valence-electron chi connectivity index (χ2n) is 4.84. The van der Waals surface area contributed by atoms with E-state index in [2.05, 4.69) is 29.2 Å². The molecule has 96 valence electrons. The molecule has 2 atom stereocenters. The Hall–Kier alpha value is -0.870. The molecule has 1 aromatic heterocycles. The van der Waals surface area contributed by atoms with Crippen LogP contribution in [0.15, 0.2) is 18.5 Å². The highest BCUT2D eigenvalue weighted by Gasteiger charge is 2.25. The van der Waals surface area contributed by atoms with E-state index in [9.17, 15) is 0 Å². The SMILES string of the molecule is CCC1CN(CCn2cccn2)C(CC)CN1. The maximum absolute atomic E-state index is 4.27. The predicted molar refractivity (Wildman–Crippen MR) is 70.0 cm³/mol. The van der Waals surface area contributed by atoms with E-state index in [1.165, 1.54) is 19.4 Å². The summed E-state index contributed by atoms with van der Waals surface area (Å²) in [5.74, 6) is 0. The van der Waals surface area contributed by atoms with Gasteiger partial charge >= 0.3 is 0 Å². The number of rotatable bonds is 5. The number of nitrogens with one attached hydrogen (secondary N) is 1.